The summed E-state index contributed by atoms with van der Waals surface area (Å²) in [7, 11) is -4.30. The smallest absolute Gasteiger partial charge is 0.338 e. The highest BCUT2D eigenvalue weighted by Gasteiger charge is 2.24. The van der Waals surface area contributed by atoms with Crippen molar-refractivity contribution in [3.8, 4) is 0 Å². The van der Waals surface area contributed by atoms with E-state index in [1.165, 1.54) is 4.83 Å². The van der Waals surface area contributed by atoms with E-state index in [0.29, 0.717) is 0 Å². The van der Waals surface area contributed by atoms with Crippen LogP contribution in [-0.4, -0.2) is 19.5 Å². The number of benzene rings is 1. The normalized spacial score (nSPS) is 11.4. The van der Waals surface area contributed by atoms with Crippen molar-refractivity contribution in [3.05, 3.63) is 28.5 Å². The number of halogens is 2. The molecule has 1 rings (SSSR count). The standard InChI is InChI=1S/C7H6ClFN2O4S/c8-3-1-4(7(12)13)6(9)5(2-3)16(14,15)11-10/h1-2,11H,10H2,(H,12,13). The van der Waals surface area contributed by atoms with Gasteiger partial charge in [-0.3, -0.25) is 5.84 Å². The minimum atomic E-state index is -4.30. The molecular formula is C7H6ClFN2O4S. The summed E-state index contributed by atoms with van der Waals surface area (Å²) in [4.78, 5) is 11.1. The second-order valence-corrected chi connectivity index (χ2v) is 4.81. The summed E-state index contributed by atoms with van der Waals surface area (Å²) >= 11 is 5.47. The van der Waals surface area contributed by atoms with Crippen molar-refractivity contribution in [2.75, 3.05) is 0 Å². The molecule has 0 heterocycles. The van der Waals surface area contributed by atoms with E-state index in [-0.39, 0.29) is 5.02 Å². The zero-order valence-electron chi connectivity index (χ0n) is 7.57. The summed E-state index contributed by atoms with van der Waals surface area (Å²) in [6.45, 7) is 0. The average Bonchev–Trinajstić information content (AvgIpc) is 2.20. The van der Waals surface area contributed by atoms with E-state index in [4.69, 9.17) is 16.7 Å². The van der Waals surface area contributed by atoms with Crippen LogP contribution in [0.4, 0.5) is 4.39 Å². The summed E-state index contributed by atoms with van der Waals surface area (Å²) < 4.78 is 35.9. The van der Waals surface area contributed by atoms with Crippen molar-refractivity contribution >= 4 is 27.6 Å². The molecule has 9 heteroatoms. The summed E-state index contributed by atoms with van der Waals surface area (Å²) in [6, 6.07) is 1.56. The van der Waals surface area contributed by atoms with Crippen molar-refractivity contribution in [2.45, 2.75) is 4.90 Å². The number of nitrogens with one attached hydrogen (secondary N) is 1. The van der Waals surface area contributed by atoms with Gasteiger partial charge in [-0.25, -0.2) is 17.6 Å². The van der Waals surface area contributed by atoms with Crippen molar-refractivity contribution in [2.24, 2.45) is 5.84 Å². The number of aromatic carboxylic acids is 1. The monoisotopic (exact) mass is 268 g/mol. The summed E-state index contributed by atoms with van der Waals surface area (Å²) in [5, 5.41) is 8.38. The van der Waals surface area contributed by atoms with E-state index in [2.05, 4.69) is 5.84 Å². The van der Waals surface area contributed by atoms with Crippen molar-refractivity contribution in [1.82, 2.24) is 4.83 Å². The molecule has 0 saturated heterocycles. The van der Waals surface area contributed by atoms with Crippen LogP contribution < -0.4 is 10.7 Å². The molecule has 6 nitrogen and oxygen atoms in total. The fourth-order valence-electron chi connectivity index (χ4n) is 0.979. The van der Waals surface area contributed by atoms with Crippen LogP contribution in [0.2, 0.25) is 5.02 Å². The Kier molecular flexibility index (Phi) is 3.48. The Balaban J connectivity index is 3.60. The van der Waals surface area contributed by atoms with Crippen LogP contribution in [0.15, 0.2) is 17.0 Å². The number of carbonyl (C=O) groups is 1. The number of carboxylic acid groups (broad SMARTS) is 1. The number of carboxylic acids is 1. The van der Waals surface area contributed by atoms with Crippen molar-refractivity contribution in [1.29, 1.82) is 0 Å². The van der Waals surface area contributed by atoms with Crippen LogP contribution in [0.1, 0.15) is 10.4 Å². The first kappa shape index (κ1) is 12.8. The van der Waals surface area contributed by atoms with E-state index in [9.17, 15) is 17.6 Å². The maximum absolute atomic E-state index is 13.5. The highest BCUT2D eigenvalue weighted by atomic mass is 35.5. The van der Waals surface area contributed by atoms with Crippen LogP contribution in [0, 0.1) is 5.82 Å². The van der Waals surface area contributed by atoms with Gasteiger partial charge in [-0.15, -0.1) is 4.83 Å². The molecule has 88 valence electrons. The number of hydrazine groups is 1. The van der Waals surface area contributed by atoms with Crippen LogP contribution in [0.3, 0.4) is 0 Å². The summed E-state index contributed by atoms with van der Waals surface area (Å²) in [5.74, 6) is 1.64. The number of nitrogens with two attached hydrogens (primary N) is 1. The van der Waals surface area contributed by atoms with Crippen LogP contribution >= 0.6 is 11.6 Å². The molecule has 0 spiro atoms. The fraction of sp³-hybridized carbons (Fsp3) is 0. The van der Waals surface area contributed by atoms with E-state index < -0.39 is 32.3 Å². The highest BCUT2D eigenvalue weighted by Crippen LogP contribution is 2.23. The molecule has 0 aromatic heterocycles. The minimum Gasteiger partial charge on any atom is -0.478 e. The Labute approximate surface area is 94.8 Å². The summed E-state index contributed by atoms with van der Waals surface area (Å²) in [6.07, 6.45) is 0. The molecule has 4 N–H and O–H groups in total. The number of sulfonamides is 1. The van der Waals surface area contributed by atoms with E-state index in [0.717, 1.165) is 12.1 Å². The Morgan fingerprint density at radius 3 is 2.50 bits per heavy atom. The minimum absolute atomic E-state index is 0.229. The van der Waals surface area contributed by atoms with Crippen LogP contribution in [0.5, 0.6) is 0 Å². The number of hydrogen-bond donors (Lipinski definition) is 3. The SMILES string of the molecule is NNS(=O)(=O)c1cc(Cl)cc(C(=O)O)c1F. The fourth-order valence-corrected chi connectivity index (χ4v) is 2.02. The largest absolute Gasteiger partial charge is 0.478 e. The molecule has 0 amide bonds. The molecule has 0 bridgehead atoms. The third kappa shape index (κ3) is 2.30. The highest BCUT2D eigenvalue weighted by molar-refractivity contribution is 7.89. The van der Waals surface area contributed by atoms with Crippen molar-refractivity contribution < 1.29 is 22.7 Å². The van der Waals surface area contributed by atoms with Gasteiger partial charge in [-0.1, -0.05) is 11.6 Å². The molecular weight excluding hydrogens is 263 g/mol. The van der Waals surface area contributed by atoms with Gasteiger partial charge in [0.1, 0.15) is 4.90 Å². The van der Waals surface area contributed by atoms with E-state index in [1.807, 2.05) is 0 Å². The van der Waals surface area contributed by atoms with Gasteiger partial charge in [-0.05, 0) is 12.1 Å². The molecule has 0 atom stereocenters. The van der Waals surface area contributed by atoms with Gasteiger partial charge in [0.25, 0.3) is 10.0 Å². The maximum atomic E-state index is 13.5. The predicted molar refractivity (Wildman–Crippen MR) is 52.9 cm³/mol. The molecule has 0 saturated carbocycles. The van der Waals surface area contributed by atoms with Gasteiger partial charge in [0, 0.05) is 5.02 Å². The second kappa shape index (κ2) is 4.34. The third-order valence-electron chi connectivity index (χ3n) is 1.68. The lowest BCUT2D eigenvalue weighted by molar-refractivity contribution is 0.0691. The van der Waals surface area contributed by atoms with Gasteiger partial charge >= 0.3 is 5.97 Å². The predicted octanol–water partition coefficient (Wildman–Crippen LogP) is 0.329. The van der Waals surface area contributed by atoms with Gasteiger partial charge in [0.2, 0.25) is 0 Å². The van der Waals surface area contributed by atoms with Crippen LogP contribution in [-0.2, 0) is 10.0 Å². The Morgan fingerprint density at radius 1 is 1.50 bits per heavy atom. The molecule has 1 aromatic carbocycles. The summed E-state index contributed by atoms with van der Waals surface area (Å²) in [5.41, 5.74) is -0.846. The Hall–Kier alpha value is -1.22. The quantitative estimate of drug-likeness (QED) is 0.540. The molecule has 0 fully saturated rings. The Morgan fingerprint density at radius 2 is 2.06 bits per heavy atom. The zero-order chi connectivity index (χ0) is 12.5. The first-order valence-corrected chi connectivity index (χ1v) is 5.60. The second-order valence-electron chi connectivity index (χ2n) is 2.69. The molecule has 0 radical (unpaired) electrons. The topological polar surface area (TPSA) is 109 Å². The molecule has 0 aliphatic carbocycles. The number of hydrogen-bond acceptors (Lipinski definition) is 4. The van der Waals surface area contributed by atoms with Gasteiger partial charge in [0.15, 0.2) is 5.82 Å². The maximum Gasteiger partial charge on any atom is 0.338 e. The van der Waals surface area contributed by atoms with Crippen LogP contribution in [0.25, 0.3) is 0 Å². The molecule has 0 aliphatic rings. The first-order valence-electron chi connectivity index (χ1n) is 3.74. The van der Waals surface area contributed by atoms with E-state index >= 15 is 0 Å². The molecule has 0 aliphatic heterocycles. The molecule has 0 unspecified atom stereocenters. The van der Waals surface area contributed by atoms with E-state index in [1.54, 1.807) is 0 Å². The Bertz CT molecular complexity index is 546. The molecule has 1 aromatic rings. The third-order valence-corrected chi connectivity index (χ3v) is 3.08. The first-order chi connectivity index (χ1) is 7.29. The lowest BCUT2D eigenvalue weighted by atomic mass is 10.2. The van der Waals surface area contributed by atoms with Gasteiger partial charge in [0.05, 0.1) is 5.56 Å². The average molecular weight is 269 g/mol. The van der Waals surface area contributed by atoms with Gasteiger partial charge < -0.3 is 5.11 Å². The molecule has 16 heavy (non-hydrogen) atoms. The number of rotatable bonds is 3. The van der Waals surface area contributed by atoms with Crippen molar-refractivity contribution in [3.63, 3.8) is 0 Å². The van der Waals surface area contributed by atoms with Gasteiger partial charge in [-0.2, -0.15) is 0 Å². The zero-order valence-corrected chi connectivity index (χ0v) is 9.14. The lowest BCUT2D eigenvalue weighted by Gasteiger charge is -2.06. The lowest BCUT2D eigenvalue weighted by Crippen LogP contribution is -2.31.